The molecule has 1 atom stereocenters. The largest absolute Gasteiger partial charge is 0.396 e. The van der Waals surface area contributed by atoms with Crippen molar-refractivity contribution in [3.8, 4) is 0 Å². The minimum atomic E-state index is -0.874. The van der Waals surface area contributed by atoms with Crippen LogP contribution < -0.4 is 5.73 Å². The van der Waals surface area contributed by atoms with E-state index in [-0.39, 0.29) is 53.4 Å². The number of Topliss-reactive ketones (excluding diaryl/α,β-unsaturated/α-hetero) is 1. The quantitative estimate of drug-likeness (QED) is 0.309. The lowest BCUT2D eigenvalue weighted by Gasteiger charge is -2.39. The number of nitrogens with zero attached hydrogens (tertiary/aromatic N) is 5. The molecule has 0 radical (unpaired) electrons. The molecule has 1 aliphatic rings. The Balaban J connectivity index is 1.55. The molecule has 36 heavy (non-hydrogen) atoms. The molecule has 11 heteroatoms. The third-order valence-corrected chi connectivity index (χ3v) is 5.84. The van der Waals surface area contributed by atoms with Crippen LogP contribution in [0.5, 0.6) is 0 Å². The van der Waals surface area contributed by atoms with Crippen molar-refractivity contribution in [3.05, 3.63) is 78.4 Å². The number of H-pyrrole nitrogens is 1. The molecule has 3 N–H and O–H groups in total. The minimum absolute atomic E-state index is 0.0842. The minimum Gasteiger partial charge on any atom is -0.396 e. The summed E-state index contributed by atoms with van der Waals surface area (Å²) in [6, 6.07) is 4.63. The van der Waals surface area contributed by atoms with E-state index in [4.69, 9.17) is 5.73 Å². The normalized spacial score (nSPS) is 16.5. The van der Waals surface area contributed by atoms with Crippen LogP contribution in [0.15, 0.2) is 60.6 Å². The molecule has 0 unspecified atom stereocenters. The number of fused-ring (bicyclic) bond motifs is 1. The highest BCUT2D eigenvalue weighted by molar-refractivity contribution is 6.45. The zero-order valence-corrected chi connectivity index (χ0v) is 19.5. The number of aromatic amines is 1. The van der Waals surface area contributed by atoms with Gasteiger partial charge in [0.25, 0.3) is 17.6 Å². The number of aromatic nitrogens is 3. The van der Waals surface area contributed by atoms with Crippen molar-refractivity contribution in [1.82, 2.24) is 24.8 Å². The van der Waals surface area contributed by atoms with Crippen molar-refractivity contribution in [2.45, 2.75) is 13.0 Å². The molecule has 2 amide bonds. The zero-order valence-electron chi connectivity index (χ0n) is 19.5. The number of halogens is 1. The van der Waals surface area contributed by atoms with Gasteiger partial charge in [-0.3, -0.25) is 24.4 Å². The molecular weight excluding hydrogens is 465 g/mol. The maximum Gasteiger partial charge on any atom is 0.295 e. The number of nitrogens with one attached hydrogen (secondary N) is 1. The molecule has 4 rings (SSSR count). The Bertz CT molecular complexity index is 1400. The number of hydrogen-bond donors (Lipinski definition) is 2. The maximum atomic E-state index is 14.8. The third-order valence-electron chi connectivity index (χ3n) is 5.84. The molecule has 1 aliphatic heterocycles. The van der Waals surface area contributed by atoms with E-state index in [1.165, 1.54) is 35.8 Å². The molecule has 0 aromatic carbocycles. The summed E-state index contributed by atoms with van der Waals surface area (Å²) in [5, 5.41) is -0.0842. The van der Waals surface area contributed by atoms with Gasteiger partial charge < -0.3 is 20.5 Å². The number of ketones is 1. The van der Waals surface area contributed by atoms with Crippen LogP contribution in [-0.4, -0.2) is 74.2 Å². The Kier molecular flexibility index (Phi) is 7.00. The summed E-state index contributed by atoms with van der Waals surface area (Å²) in [7, 11) is 0. The molecule has 184 valence electrons. The number of piperazine rings is 1. The number of allylic oxidation sites excluding steroid dienone is 1. The van der Waals surface area contributed by atoms with E-state index < -0.39 is 23.5 Å². The van der Waals surface area contributed by atoms with Gasteiger partial charge in [-0.1, -0.05) is 18.7 Å². The van der Waals surface area contributed by atoms with Crippen molar-refractivity contribution in [2.75, 3.05) is 19.6 Å². The van der Waals surface area contributed by atoms with Gasteiger partial charge in [0.1, 0.15) is 11.4 Å². The SMILES string of the molecule is C=CC=N/C=C(\N)c1ncc(F)c2c(C(=O)C(=O)N3CCN(C(=O)c4ccccn4)C[C@H]3C)c[nH]c12. The fourth-order valence-corrected chi connectivity index (χ4v) is 4.09. The van der Waals surface area contributed by atoms with Gasteiger partial charge in [-0.25, -0.2) is 9.37 Å². The molecule has 4 heterocycles. The first-order valence-corrected chi connectivity index (χ1v) is 11.1. The number of carbonyl (C=O) groups is 3. The number of carbonyl (C=O) groups excluding carboxylic acids is 3. The molecule has 10 nitrogen and oxygen atoms in total. The Morgan fingerprint density at radius 3 is 2.78 bits per heavy atom. The number of hydrogen-bond acceptors (Lipinski definition) is 7. The average Bonchev–Trinajstić information content (AvgIpc) is 3.34. The van der Waals surface area contributed by atoms with E-state index in [1.54, 1.807) is 30.0 Å². The highest BCUT2D eigenvalue weighted by atomic mass is 19.1. The second-order valence-corrected chi connectivity index (χ2v) is 8.17. The first-order chi connectivity index (χ1) is 17.3. The molecule has 3 aromatic rings. The molecule has 0 saturated carbocycles. The molecular formula is C25H24FN7O3. The Morgan fingerprint density at radius 2 is 2.08 bits per heavy atom. The lowest BCUT2D eigenvalue weighted by molar-refractivity contribution is -0.130. The lowest BCUT2D eigenvalue weighted by atomic mass is 10.1. The number of nitrogens with two attached hydrogens (primary N) is 1. The fraction of sp³-hybridized carbons (Fsp3) is 0.200. The van der Waals surface area contributed by atoms with Gasteiger partial charge >= 0.3 is 0 Å². The lowest BCUT2D eigenvalue weighted by Crippen LogP contribution is -2.56. The monoisotopic (exact) mass is 489 g/mol. The summed E-state index contributed by atoms with van der Waals surface area (Å²) in [5.41, 5.74) is 6.70. The van der Waals surface area contributed by atoms with Crippen LogP contribution in [0.25, 0.3) is 16.6 Å². The van der Waals surface area contributed by atoms with Crippen LogP contribution in [0, 0.1) is 5.82 Å². The maximum absolute atomic E-state index is 14.8. The van der Waals surface area contributed by atoms with E-state index in [9.17, 15) is 18.8 Å². The fourth-order valence-electron chi connectivity index (χ4n) is 4.09. The summed E-state index contributed by atoms with van der Waals surface area (Å²) in [4.78, 5) is 56.8. The van der Waals surface area contributed by atoms with Crippen molar-refractivity contribution in [3.63, 3.8) is 0 Å². The predicted octanol–water partition coefficient (Wildman–Crippen LogP) is 2.17. The molecule has 0 bridgehead atoms. The van der Waals surface area contributed by atoms with E-state index in [1.807, 2.05) is 0 Å². The van der Waals surface area contributed by atoms with Crippen LogP contribution >= 0.6 is 0 Å². The van der Waals surface area contributed by atoms with Gasteiger partial charge in [-0.15, -0.1) is 0 Å². The molecule has 1 saturated heterocycles. The van der Waals surface area contributed by atoms with Gasteiger partial charge in [0.05, 0.1) is 34.6 Å². The third kappa shape index (κ3) is 4.63. The number of aliphatic imine (C=N–C) groups is 1. The van der Waals surface area contributed by atoms with Crippen molar-refractivity contribution in [2.24, 2.45) is 10.7 Å². The average molecular weight is 490 g/mol. The topological polar surface area (TPSA) is 138 Å². The predicted molar refractivity (Wildman–Crippen MR) is 133 cm³/mol. The van der Waals surface area contributed by atoms with E-state index >= 15 is 0 Å². The van der Waals surface area contributed by atoms with Gasteiger partial charge in [-0.2, -0.15) is 0 Å². The summed E-state index contributed by atoms with van der Waals surface area (Å²) >= 11 is 0. The Morgan fingerprint density at radius 1 is 1.28 bits per heavy atom. The summed E-state index contributed by atoms with van der Waals surface area (Å²) in [6.07, 6.45) is 7.95. The summed E-state index contributed by atoms with van der Waals surface area (Å²) in [5.74, 6) is -2.68. The van der Waals surface area contributed by atoms with Crippen molar-refractivity contribution < 1.29 is 18.8 Å². The Labute approximate surface area is 206 Å². The molecule has 1 fully saturated rings. The van der Waals surface area contributed by atoms with E-state index in [0.717, 1.165) is 6.20 Å². The van der Waals surface area contributed by atoms with Crippen LogP contribution in [-0.2, 0) is 4.79 Å². The van der Waals surface area contributed by atoms with Crippen LogP contribution in [0.1, 0.15) is 33.5 Å². The van der Waals surface area contributed by atoms with Crippen LogP contribution in [0.3, 0.4) is 0 Å². The van der Waals surface area contributed by atoms with E-state index in [2.05, 4.69) is 26.5 Å². The van der Waals surface area contributed by atoms with Crippen molar-refractivity contribution >= 4 is 40.4 Å². The van der Waals surface area contributed by atoms with Gasteiger partial charge in [0.2, 0.25) is 0 Å². The van der Waals surface area contributed by atoms with Crippen LogP contribution in [0.4, 0.5) is 4.39 Å². The van der Waals surface area contributed by atoms with Crippen LogP contribution in [0.2, 0.25) is 0 Å². The molecule has 3 aromatic heterocycles. The van der Waals surface area contributed by atoms with E-state index in [0.29, 0.717) is 5.69 Å². The summed E-state index contributed by atoms with van der Waals surface area (Å²) < 4.78 is 14.8. The zero-order chi connectivity index (χ0) is 25.8. The highest BCUT2D eigenvalue weighted by Crippen LogP contribution is 2.27. The number of amides is 2. The van der Waals surface area contributed by atoms with Gasteiger partial charge in [0, 0.05) is 44.3 Å². The smallest absolute Gasteiger partial charge is 0.295 e. The molecule has 0 spiro atoms. The van der Waals surface area contributed by atoms with Crippen molar-refractivity contribution in [1.29, 1.82) is 0 Å². The number of rotatable bonds is 6. The second-order valence-electron chi connectivity index (χ2n) is 8.17. The molecule has 0 aliphatic carbocycles. The first-order valence-electron chi connectivity index (χ1n) is 11.1. The second kappa shape index (κ2) is 10.3. The first kappa shape index (κ1) is 24.5. The summed E-state index contributed by atoms with van der Waals surface area (Å²) in [6.45, 7) is 5.88. The highest BCUT2D eigenvalue weighted by Gasteiger charge is 2.35. The standard InChI is InChI=1S/C25H24FN7O3/c1-3-7-28-13-18(27)21-22-20(17(26)12-31-21)16(11-30-22)23(34)25(36)33-10-9-32(14-15(33)2)24(35)19-6-4-5-8-29-19/h3-8,11-13,15,30H,1,9-10,14,27H2,2H3/b18-13-,28-7?/t15-/m1/s1. The number of pyridine rings is 2. The van der Waals surface area contributed by atoms with Gasteiger partial charge in [-0.05, 0) is 19.1 Å². The van der Waals surface area contributed by atoms with Gasteiger partial charge in [0.15, 0.2) is 5.82 Å². The Hall–Kier alpha value is -4.67.